The molecule has 0 radical (unpaired) electrons. The summed E-state index contributed by atoms with van der Waals surface area (Å²) in [5.41, 5.74) is 1.44. The summed E-state index contributed by atoms with van der Waals surface area (Å²) in [5.74, 6) is 1.71. The number of hydrogen-bond donors (Lipinski definition) is 1. The van der Waals surface area contributed by atoms with Gasteiger partial charge in [-0.25, -0.2) is 0 Å². The molecular weight excluding hydrogens is 208 g/mol. The zero-order valence-corrected chi connectivity index (χ0v) is 11.9. The molecule has 17 heavy (non-hydrogen) atoms. The van der Waals surface area contributed by atoms with Crippen LogP contribution in [-0.2, 0) is 0 Å². The van der Waals surface area contributed by atoms with Gasteiger partial charge in [0.15, 0.2) is 0 Å². The van der Waals surface area contributed by atoms with Crippen LogP contribution in [0.2, 0.25) is 0 Å². The Morgan fingerprint density at radius 3 is 2.59 bits per heavy atom. The lowest BCUT2D eigenvalue weighted by Gasteiger charge is -2.41. The van der Waals surface area contributed by atoms with Crippen molar-refractivity contribution in [2.45, 2.75) is 52.6 Å². The smallest absolute Gasteiger partial charge is 0.0252 e. The molecule has 0 aromatic heterocycles. The molecule has 2 atom stereocenters. The van der Waals surface area contributed by atoms with Crippen molar-refractivity contribution in [1.29, 1.82) is 0 Å². The van der Waals surface area contributed by atoms with Crippen LogP contribution in [0.4, 0.5) is 0 Å². The fraction of sp³-hybridized carbons (Fsp3) is 0.867. The molecule has 1 aliphatic carbocycles. The molecule has 1 aliphatic heterocycles. The Morgan fingerprint density at radius 1 is 1.35 bits per heavy atom. The summed E-state index contributed by atoms with van der Waals surface area (Å²) in [5, 5.41) is 3.75. The van der Waals surface area contributed by atoms with Gasteiger partial charge in [0, 0.05) is 31.7 Å². The van der Waals surface area contributed by atoms with E-state index in [1.165, 1.54) is 31.5 Å². The maximum absolute atomic E-state index is 3.75. The van der Waals surface area contributed by atoms with Crippen LogP contribution in [0, 0.1) is 11.8 Å². The second-order valence-electron chi connectivity index (χ2n) is 6.40. The molecule has 2 rings (SSSR count). The van der Waals surface area contributed by atoms with E-state index in [0.717, 1.165) is 24.4 Å². The van der Waals surface area contributed by atoms with Gasteiger partial charge in [-0.1, -0.05) is 25.5 Å². The van der Waals surface area contributed by atoms with E-state index in [-0.39, 0.29) is 0 Å². The maximum atomic E-state index is 3.75. The summed E-state index contributed by atoms with van der Waals surface area (Å²) in [6.07, 6.45) is 5.28. The predicted octanol–water partition coefficient (Wildman–Crippen LogP) is 2.66. The van der Waals surface area contributed by atoms with Crippen LogP contribution in [0.5, 0.6) is 0 Å². The molecule has 0 bridgehead atoms. The van der Waals surface area contributed by atoms with E-state index < -0.39 is 0 Å². The molecule has 2 heteroatoms. The van der Waals surface area contributed by atoms with Crippen LogP contribution >= 0.6 is 0 Å². The number of nitrogens with one attached hydrogen (secondary N) is 1. The second kappa shape index (κ2) is 5.53. The van der Waals surface area contributed by atoms with Gasteiger partial charge in [-0.2, -0.15) is 0 Å². The highest BCUT2D eigenvalue weighted by Gasteiger charge is 2.38. The first-order valence-electron chi connectivity index (χ1n) is 7.18. The number of hydrogen-bond acceptors (Lipinski definition) is 2. The molecule has 2 nitrogen and oxygen atoms in total. The van der Waals surface area contributed by atoms with Gasteiger partial charge in [-0.15, -0.1) is 0 Å². The number of piperazine rings is 1. The third-order valence-electron chi connectivity index (χ3n) is 4.19. The van der Waals surface area contributed by atoms with Crippen LogP contribution in [-0.4, -0.2) is 36.6 Å². The average Bonchev–Trinajstić information content (AvgIpc) is 3.09. The minimum atomic E-state index is 0.676. The van der Waals surface area contributed by atoms with E-state index in [0.29, 0.717) is 6.04 Å². The minimum absolute atomic E-state index is 0.676. The molecule has 0 amide bonds. The van der Waals surface area contributed by atoms with E-state index in [1.807, 2.05) is 0 Å². The van der Waals surface area contributed by atoms with Crippen molar-refractivity contribution in [2.75, 3.05) is 19.6 Å². The lowest BCUT2D eigenvalue weighted by molar-refractivity contribution is 0.112. The summed E-state index contributed by atoms with van der Waals surface area (Å²) in [6, 6.07) is 1.47. The third-order valence-corrected chi connectivity index (χ3v) is 4.19. The molecule has 1 saturated heterocycles. The largest absolute Gasteiger partial charge is 0.311 e. The Morgan fingerprint density at radius 2 is 2.06 bits per heavy atom. The van der Waals surface area contributed by atoms with Gasteiger partial charge >= 0.3 is 0 Å². The Labute approximate surface area is 106 Å². The lowest BCUT2D eigenvalue weighted by Crippen LogP contribution is -2.58. The quantitative estimate of drug-likeness (QED) is 0.755. The molecule has 0 aromatic carbocycles. The first kappa shape index (κ1) is 13.1. The summed E-state index contributed by atoms with van der Waals surface area (Å²) in [6.45, 7) is 12.6. The molecule has 2 unspecified atom stereocenters. The molecule has 2 fully saturated rings. The highest BCUT2D eigenvalue weighted by Crippen LogP contribution is 2.36. The molecular formula is C15H28N2. The Balaban J connectivity index is 1.96. The standard InChI is InChI=1S/C15H28N2/c1-11(2)7-8-17-10-14(12(3)4)16-9-15(17)13-5-6-13/h7,12-16H,5-6,8-10H2,1-4H3. The molecule has 1 saturated carbocycles. The molecule has 0 spiro atoms. The van der Waals surface area contributed by atoms with Gasteiger partial charge in [0.1, 0.15) is 0 Å². The van der Waals surface area contributed by atoms with Crippen LogP contribution in [0.1, 0.15) is 40.5 Å². The van der Waals surface area contributed by atoms with E-state index in [4.69, 9.17) is 0 Å². The van der Waals surface area contributed by atoms with Crippen LogP contribution in [0.15, 0.2) is 11.6 Å². The molecule has 0 aromatic rings. The van der Waals surface area contributed by atoms with E-state index in [2.05, 4.69) is 44.0 Å². The van der Waals surface area contributed by atoms with Crippen molar-refractivity contribution in [2.24, 2.45) is 11.8 Å². The normalized spacial score (nSPS) is 30.6. The number of allylic oxidation sites excluding steroid dienone is 1. The van der Waals surface area contributed by atoms with Gasteiger partial charge in [0.2, 0.25) is 0 Å². The van der Waals surface area contributed by atoms with Crippen molar-refractivity contribution in [3.8, 4) is 0 Å². The SMILES string of the molecule is CC(C)=CCN1CC(C(C)C)NCC1C1CC1. The fourth-order valence-electron chi connectivity index (χ4n) is 2.76. The lowest BCUT2D eigenvalue weighted by atomic mass is 9.97. The highest BCUT2D eigenvalue weighted by atomic mass is 15.2. The van der Waals surface area contributed by atoms with Gasteiger partial charge < -0.3 is 5.32 Å². The molecule has 2 aliphatic rings. The van der Waals surface area contributed by atoms with Crippen molar-refractivity contribution >= 4 is 0 Å². The number of rotatable bonds is 4. The van der Waals surface area contributed by atoms with Crippen molar-refractivity contribution in [3.63, 3.8) is 0 Å². The van der Waals surface area contributed by atoms with Crippen LogP contribution in [0.3, 0.4) is 0 Å². The summed E-state index contributed by atoms with van der Waals surface area (Å²) in [7, 11) is 0. The van der Waals surface area contributed by atoms with E-state index >= 15 is 0 Å². The third kappa shape index (κ3) is 3.56. The summed E-state index contributed by atoms with van der Waals surface area (Å²) in [4.78, 5) is 2.71. The fourth-order valence-corrected chi connectivity index (χ4v) is 2.76. The van der Waals surface area contributed by atoms with Gasteiger partial charge in [-0.3, -0.25) is 4.90 Å². The van der Waals surface area contributed by atoms with Gasteiger partial charge in [0.25, 0.3) is 0 Å². The number of nitrogens with zero attached hydrogens (tertiary/aromatic N) is 1. The molecule has 1 heterocycles. The topological polar surface area (TPSA) is 15.3 Å². The van der Waals surface area contributed by atoms with E-state index in [9.17, 15) is 0 Å². The van der Waals surface area contributed by atoms with Gasteiger partial charge in [0.05, 0.1) is 0 Å². The predicted molar refractivity (Wildman–Crippen MR) is 74.1 cm³/mol. The van der Waals surface area contributed by atoms with Crippen molar-refractivity contribution < 1.29 is 0 Å². The Hall–Kier alpha value is -0.340. The van der Waals surface area contributed by atoms with Crippen molar-refractivity contribution in [3.05, 3.63) is 11.6 Å². The van der Waals surface area contributed by atoms with E-state index in [1.54, 1.807) is 0 Å². The zero-order chi connectivity index (χ0) is 12.4. The van der Waals surface area contributed by atoms with Crippen molar-refractivity contribution in [1.82, 2.24) is 10.2 Å². The average molecular weight is 236 g/mol. The molecule has 98 valence electrons. The van der Waals surface area contributed by atoms with Gasteiger partial charge in [-0.05, 0) is 38.5 Å². The monoisotopic (exact) mass is 236 g/mol. The maximum Gasteiger partial charge on any atom is 0.0252 e. The first-order valence-corrected chi connectivity index (χ1v) is 7.18. The Kier molecular flexibility index (Phi) is 4.26. The second-order valence-corrected chi connectivity index (χ2v) is 6.40. The van der Waals surface area contributed by atoms with Crippen LogP contribution < -0.4 is 5.32 Å². The summed E-state index contributed by atoms with van der Waals surface area (Å²) >= 11 is 0. The van der Waals surface area contributed by atoms with Crippen LogP contribution in [0.25, 0.3) is 0 Å². The highest BCUT2D eigenvalue weighted by molar-refractivity contribution is 5.01. The molecule has 1 N–H and O–H groups in total. The minimum Gasteiger partial charge on any atom is -0.311 e. The summed E-state index contributed by atoms with van der Waals surface area (Å²) < 4.78 is 0. The Bertz CT molecular complexity index is 275. The zero-order valence-electron chi connectivity index (χ0n) is 11.9. The first-order chi connectivity index (χ1) is 8.08.